The van der Waals surface area contributed by atoms with Crippen LogP contribution >= 0.6 is 0 Å². The van der Waals surface area contributed by atoms with Gasteiger partial charge in [-0.15, -0.1) is 0 Å². The largest absolute Gasteiger partial charge is 0.486 e. The molecule has 12 heteroatoms. The number of nitrogens with one attached hydrogen (secondary N) is 2. The Labute approximate surface area is 216 Å². The van der Waals surface area contributed by atoms with Gasteiger partial charge in [0.05, 0.1) is 16.3 Å². The fraction of sp³-hybridized carbons (Fsp3) is 0.240. The van der Waals surface area contributed by atoms with Crippen LogP contribution in [0.1, 0.15) is 12.5 Å². The highest BCUT2D eigenvalue weighted by Crippen LogP contribution is 2.35. The number of anilines is 3. The molecule has 0 atom stereocenters. The van der Waals surface area contributed by atoms with Crippen LogP contribution in [0.25, 0.3) is 0 Å². The maximum atomic E-state index is 12.8. The Bertz CT molecular complexity index is 1510. The lowest BCUT2D eigenvalue weighted by atomic mass is 10.2. The van der Waals surface area contributed by atoms with E-state index < -0.39 is 32.5 Å². The van der Waals surface area contributed by atoms with E-state index in [-0.39, 0.29) is 16.3 Å². The molecular weight excluding hydrogens is 518 g/mol. The molecule has 0 saturated heterocycles. The number of carbonyl (C=O) groups is 1. The van der Waals surface area contributed by atoms with Crippen molar-refractivity contribution in [3.8, 4) is 11.5 Å². The van der Waals surface area contributed by atoms with Crippen LogP contribution in [-0.4, -0.2) is 48.3 Å². The average molecular weight is 546 g/mol. The highest BCUT2D eigenvalue weighted by molar-refractivity contribution is 7.93. The van der Waals surface area contributed by atoms with E-state index in [9.17, 15) is 21.6 Å². The smallest absolute Gasteiger partial charge is 0.261 e. The third kappa shape index (κ3) is 6.33. The Morgan fingerprint density at radius 2 is 1.59 bits per heavy atom. The molecule has 1 aliphatic heterocycles. The highest BCUT2D eigenvalue weighted by atomic mass is 32.2. The summed E-state index contributed by atoms with van der Waals surface area (Å²) in [5, 5.41) is 2.62. The van der Waals surface area contributed by atoms with Crippen LogP contribution in [0.2, 0.25) is 0 Å². The molecule has 3 aromatic carbocycles. The Morgan fingerprint density at radius 3 is 2.27 bits per heavy atom. The normalized spacial score (nSPS) is 13.0. The number of amides is 1. The highest BCUT2D eigenvalue weighted by Gasteiger charge is 2.25. The van der Waals surface area contributed by atoms with Gasteiger partial charge in [0.2, 0.25) is 15.9 Å². The number of fused-ring (bicyclic) bond motifs is 1. The molecule has 0 aromatic heterocycles. The van der Waals surface area contributed by atoms with Gasteiger partial charge in [-0.1, -0.05) is 12.1 Å². The molecule has 0 aliphatic carbocycles. The molecule has 4 rings (SSSR count). The molecule has 1 amide bonds. The number of nitrogens with zero attached hydrogens (tertiary/aromatic N) is 1. The van der Waals surface area contributed by atoms with E-state index in [1.165, 1.54) is 37.3 Å². The lowest BCUT2D eigenvalue weighted by Crippen LogP contribution is -2.39. The van der Waals surface area contributed by atoms with Gasteiger partial charge in [-0.25, -0.2) is 16.8 Å². The van der Waals surface area contributed by atoms with E-state index in [1.54, 1.807) is 30.3 Å². The quantitative estimate of drug-likeness (QED) is 0.422. The zero-order valence-electron chi connectivity index (χ0n) is 20.3. The summed E-state index contributed by atoms with van der Waals surface area (Å²) in [6.45, 7) is 3.60. The van der Waals surface area contributed by atoms with Crippen LogP contribution in [0, 0.1) is 6.92 Å². The van der Waals surface area contributed by atoms with Crippen LogP contribution in [0.15, 0.2) is 71.6 Å². The van der Waals surface area contributed by atoms with Gasteiger partial charge in [0.1, 0.15) is 19.8 Å². The van der Waals surface area contributed by atoms with E-state index in [0.717, 1.165) is 9.87 Å². The third-order valence-electron chi connectivity index (χ3n) is 5.52. The van der Waals surface area contributed by atoms with Gasteiger partial charge in [0, 0.05) is 17.4 Å². The fourth-order valence-electron chi connectivity index (χ4n) is 3.66. The number of carbonyl (C=O) groups excluding carboxylic acids is 1. The molecule has 0 unspecified atom stereocenters. The number of sulfonamides is 2. The minimum Gasteiger partial charge on any atom is -0.486 e. The number of rotatable bonds is 9. The Hall–Kier alpha value is -3.77. The summed E-state index contributed by atoms with van der Waals surface area (Å²) in [6, 6.07) is 17.2. The van der Waals surface area contributed by atoms with Crippen LogP contribution in [0.4, 0.5) is 17.1 Å². The predicted molar refractivity (Wildman–Crippen MR) is 141 cm³/mol. The Kier molecular flexibility index (Phi) is 7.60. The molecule has 0 fully saturated rings. The zero-order valence-corrected chi connectivity index (χ0v) is 21.9. The predicted octanol–water partition coefficient (Wildman–Crippen LogP) is 3.36. The van der Waals surface area contributed by atoms with Gasteiger partial charge in [-0.3, -0.25) is 13.8 Å². The molecule has 0 spiro atoms. The fourth-order valence-corrected chi connectivity index (χ4v) is 5.77. The second-order valence-electron chi connectivity index (χ2n) is 8.28. The summed E-state index contributed by atoms with van der Waals surface area (Å²) in [7, 11) is -7.63. The monoisotopic (exact) mass is 545 g/mol. The standard InChI is InChI=1S/C25H27N3O7S2/c1-3-36(30,31)28(21-9-12-23-24(16-21)35-14-13-34-23)17-25(29)26-19-7-10-22(11-8-19)37(32,33)27-20-6-4-5-18(2)15-20/h4-12,15-16,27H,3,13-14,17H2,1-2H3,(H,26,29). The first-order valence-corrected chi connectivity index (χ1v) is 14.6. The molecule has 10 nitrogen and oxygen atoms in total. The second kappa shape index (κ2) is 10.7. The Balaban J connectivity index is 1.47. The van der Waals surface area contributed by atoms with Crippen molar-refractivity contribution in [2.45, 2.75) is 18.7 Å². The molecular formula is C25H27N3O7S2. The van der Waals surface area contributed by atoms with Gasteiger partial charge in [-0.2, -0.15) is 0 Å². The number of aryl methyl sites for hydroxylation is 1. The van der Waals surface area contributed by atoms with Crippen LogP contribution in [0.3, 0.4) is 0 Å². The summed E-state index contributed by atoms with van der Waals surface area (Å²) in [4.78, 5) is 12.8. The van der Waals surface area contributed by atoms with E-state index in [0.29, 0.717) is 36.1 Å². The van der Waals surface area contributed by atoms with Crippen LogP contribution in [-0.2, 0) is 24.8 Å². The lowest BCUT2D eigenvalue weighted by Gasteiger charge is -2.25. The SMILES string of the molecule is CCS(=O)(=O)N(CC(=O)Nc1ccc(S(=O)(=O)Nc2cccc(C)c2)cc1)c1ccc2c(c1)OCCO2. The third-order valence-corrected chi connectivity index (χ3v) is 8.66. The summed E-state index contributed by atoms with van der Waals surface area (Å²) in [5.74, 6) is 0.0899. The second-order valence-corrected chi connectivity index (χ2v) is 12.1. The van der Waals surface area contributed by atoms with E-state index in [1.807, 2.05) is 13.0 Å². The van der Waals surface area contributed by atoms with E-state index >= 15 is 0 Å². The molecule has 196 valence electrons. The molecule has 0 bridgehead atoms. The summed E-state index contributed by atoms with van der Waals surface area (Å²) >= 11 is 0. The van der Waals surface area contributed by atoms with Crippen molar-refractivity contribution in [1.82, 2.24) is 0 Å². The molecule has 1 heterocycles. The summed E-state index contributed by atoms with van der Waals surface area (Å²) in [5.41, 5.74) is 1.93. The molecule has 0 saturated carbocycles. The average Bonchev–Trinajstić information content (AvgIpc) is 2.87. The number of benzene rings is 3. The first-order valence-electron chi connectivity index (χ1n) is 11.5. The van der Waals surface area contributed by atoms with E-state index in [4.69, 9.17) is 9.47 Å². The first-order chi connectivity index (χ1) is 17.6. The topological polar surface area (TPSA) is 131 Å². The van der Waals surface area contributed by atoms with Crippen molar-refractivity contribution < 1.29 is 31.1 Å². The molecule has 1 aliphatic rings. The molecule has 2 N–H and O–H groups in total. The van der Waals surface area contributed by atoms with Crippen molar-refractivity contribution in [2.75, 3.05) is 39.9 Å². The molecule has 3 aromatic rings. The van der Waals surface area contributed by atoms with Crippen molar-refractivity contribution >= 4 is 43.0 Å². The van der Waals surface area contributed by atoms with Crippen molar-refractivity contribution in [2.24, 2.45) is 0 Å². The minimum absolute atomic E-state index is 0.0125. The lowest BCUT2D eigenvalue weighted by molar-refractivity contribution is -0.114. The van der Waals surface area contributed by atoms with Crippen molar-refractivity contribution in [3.05, 3.63) is 72.3 Å². The zero-order chi connectivity index (χ0) is 26.6. The Morgan fingerprint density at radius 1 is 0.892 bits per heavy atom. The summed E-state index contributed by atoms with van der Waals surface area (Å²) in [6.07, 6.45) is 0. The van der Waals surface area contributed by atoms with Gasteiger partial charge in [-0.05, 0) is 67.9 Å². The van der Waals surface area contributed by atoms with Gasteiger partial charge < -0.3 is 14.8 Å². The maximum Gasteiger partial charge on any atom is 0.261 e. The van der Waals surface area contributed by atoms with Gasteiger partial charge >= 0.3 is 0 Å². The number of ether oxygens (including phenoxy) is 2. The molecule has 0 radical (unpaired) electrons. The first kappa shape index (κ1) is 26.3. The van der Waals surface area contributed by atoms with E-state index in [2.05, 4.69) is 10.0 Å². The minimum atomic E-state index is -3.83. The molecule has 37 heavy (non-hydrogen) atoms. The van der Waals surface area contributed by atoms with Crippen LogP contribution in [0.5, 0.6) is 11.5 Å². The van der Waals surface area contributed by atoms with Crippen molar-refractivity contribution in [3.63, 3.8) is 0 Å². The number of hydrogen-bond acceptors (Lipinski definition) is 7. The number of hydrogen-bond donors (Lipinski definition) is 2. The van der Waals surface area contributed by atoms with Gasteiger partial charge in [0.15, 0.2) is 11.5 Å². The summed E-state index contributed by atoms with van der Waals surface area (Å²) < 4.78 is 65.5. The van der Waals surface area contributed by atoms with Crippen molar-refractivity contribution in [1.29, 1.82) is 0 Å². The van der Waals surface area contributed by atoms with Crippen LogP contribution < -0.4 is 23.8 Å². The maximum absolute atomic E-state index is 12.8. The van der Waals surface area contributed by atoms with Gasteiger partial charge in [0.25, 0.3) is 10.0 Å².